The highest BCUT2D eigenvalue weighted by molar-refractivity contribution is 7.88. The summed E-state index contributed by atoms with van der Waals surface area (Å²) in [6.45, 7) is 1.89. The highest BCUT2D eigenvalue weighted by atomic mass is 32.2. The number of sulfonamides is 1. The number of piperazine rings is 1. The van der Waals surface area contributed by atoms with Crippen LogP contribution in [0.2, 0.25) is 0 Å². The van der Waals surface area contributed by atoms with Crippen molar-refractivity contribution in [3.63, 3.8) is 0 Å². The molecule has 3 heterocycles. The molecule has 11 heteroatoms. The Balaban J connectivity index is 1.39. The monoisotopic (exact) mass is 473 g/mol. The molecule has 0 bridgehead atoms. The summed E-state index contributed by atoms with van der Waals surface area (Å²) in [4.78, 5) is 23.4. The van der Waals surface area contributed by atoms with E-state index in [2.05, 4.69) is 15.3 Å². The molecule has 1 amide bonds. The number of carbonyl (C=O) groups is 1. The van der Waals surface area contributed by atoms with Crippen molar-refractivity contribution in [1.29, 1.82) is 0 Å². The number of aliphatic hydroxyl groups excluding tert-OH is 1. The second-order valence-electron chi connectivity index (χ2n) is 7.36. The molecule has 1 saturated heterocycles. The number of thiazole rings is 1. The predicted octanol–water partition coefficient (Wildman–Crippen LogP) is 2.03. The van der Waals surface area contributed by atoms with Crippen LogP contribution in [0.25, 0.3) is 11.3 Å². The molecule has 2 N–H and O–H groups in total. The number of amides is 1. The number of carbonyl (C=O) groups excluding carboxylic acids is 1. The number of aromatic nitrogens is 2. The van der Waals surface area contributed by atoms with Crippen LogP contribution >= 0.6 is 11.3 Å². The molecule has 1 aliphatic rings. The number of nitrogens with one attached hydrogen (secondary N) is 1. The van der Waals surface area contributed by atoms with E-state index in [1.807, 2.05) is 40.6 Å². The molecule has 0 saturated carbocycles. The molecule has 0 spiro atoms. The van der Waals surface area contributed by atoms with Gasteiger partial charge in [0.15, 0.2) is 5.13 Å². The number of anilines is 2. The summed E-state index contributed by atoms with van der Waals surface area (Å²) >= 11 is 1.30. The van der Waals surface area contributed by atoms with Crippen molar-refractivity contribution < 1.29 is 18.3 Å². The zero-order valence-electron chi connectivity index (χ0n) is 17.4. The van der Waals surface area contributed by atoms with Crippen molar-refractivity contribution in [3.8, 4) is 11.3 Å². The van der Waals surface area contributed by atoms with E-state index in [1.165, 1.54) is 21.9 Å². The second-order valence-corrected chi connectivity index (χ2v) is 10.2. The molecule has 0 radical (unpaired) electrons. The number of hydrogen-bond acceptors (Lipinski definition) is 8. The zero-order chi connectivity index (χ0) is 22.7. The summed E-state index contributed by atoms with van der Waals surface area (Å²) in [5.74, 6) is -0.366. The van der Waals surface area contributed by atoms with Crippen LogP contribution < -0.4 is 10.2 Å². The Morgan fingerprint density at radius 3 is 2.56 bits per heavy atom. The van der Waals surface area contributed by atoms with Crippen molar-refractivity contribution in [2.24, 2.45) is 0 Å². The number of rotatable bonds is 6. The number of hydrogen-bond donors (Lipinski definition) is 2. The Morgan fingerprint density at radius 1 is 1.16 bits per heavy atom. The van der Waals surface area contributed by atoms with E-state index in [1.54, 1.807) is 12.3 Å². The minimum atomic E-state index is -3.18. The Kier molecular flexibility index (Phi) is 6.51. The molecular formula is C21H23N5O4S2. The van der Waals surface area contributed by atoms with Crippen LogP contribution in [0, 0.1) is 0 Å². The van der Waals surface area contributed by atoms with Crippen LogP contribution in [0.4, 0.5) is 10.8 Å². The highest BCUT2D eigenvalue weighted by Gasteiger charge is 2.23. The minimum Gasteiger partial charge on any atom is -0.392 e. The smallest absolute Gasteiger partial charge is 0.276 e. The predicted molar refractivity (Wildman–Crippen MR) is 124 cm³/mol. The van der Waals surface area contributed by atoms with Gasteiger partial charge in [-0.3, -0.25) is 10.1 Å². The van der Waals surface area contributed by atoms with E-state index in [0.29, 0.717) is 37.0 Å². The summed E-state index contributed by atoms with van der Waals surface area (Å²) in [6, 6.07) is 10.9. The Morgan fingerprint density at radius 2 is 1.91 bits per heavy atom. The van der Waals surface area contributed by atoms with E-state index in [0.717, 1.165) is 16.8 Å². The molecule has 3 aromatic rings. The van der Waals surface area contributed by atoms with Gasteiger partial charge in [0.2, 0.25) is 10.0 Å². The molecule has 9 nitrogen and oxygen atoms in total. The molecule has 0 aliphatic carbocycles. The van der Waals surface area contributed by atoms with Crippen LogP contribution in [0.15, 0.2) is 48.0 Å². The van der Waals surface area contributed by atoms with Gasteiger partial charge in [-0.25, -0.2) is 18.4 Å². The normalized spacial score (nSPS) is 15.0. The van der Waals surface area contributed by atoms with Gasteiger partial charge in [0.1, 0.15) is 5.69 Å². The molecule has 168 valence electrons. The van der Waals surface area contributed by atoms with Gasteiger partial charge in [-0.05, 0) is 17.7 Å². The topological polar surface area (TPSA) is 116 Å². The van der Waals surface area contributed by atoms with Crippen molar-refractivity contribution in [2.75, 3.05) is 42.7 Å². The van der Waals surface area contributed by atoms with E-state index in [9.17, 15) is 18.3 Å². The first-order valence-corrected chi connectivity index (χ1v) is 12.7. The van der Waals surface area contributed by atoms with Gasteiger partial charge in [-0.15, -0.1) is 11.3 Å². The summed E-state index contributed by atoms with van der Waals surface area (Å²) in [5.41, 5.74) is 3.38. The number of pyridine rings is 1. The van der Waals surface area contributed by atoms with Gasteiger partial charge < -0.3 is 10.0 Å². The summed E-state index contributed by atoms with van der Waals surface area (Å²) in [7, 11) is -3.18. The third-order valence-corrected chi connectivity index (χ3v) is 7.30. The lowest BCUT2D eigenvalue weighted by Gasteiger charge is -2.34. The van der Waals surface area contributed by atoms with Gasteiger partial charge in [0, 0.05) is 37.1 Å². The van der Waals surface area contributed by atoms with Crippen LogP contribution in [0.5, 0.6) is 0 Å². The molecule has 0 atom stereocenters. The lowest BCUT2D eigenvalue weighted by atomic mass is 10.1. The second kappa shape index (κ2) is 9.33. The quantitative estimate of drug-likeness (QED) is 0.563. The highest BCUT2D eigenvalue weighted by Crippen LogP contribution is 2.28. The maximum absolute atomic E-state index is 12.6. The first kappa shape index (κ1) is 22.3. The van der Waals surface area contributed by atoms with Crippen molar-refractivity contribution in [3.05, 3.63) is 59.2 Å². The first-order valence-electron chi connectivity index (χ1n) is 9.97. The number of aliphatic hydroxyl groups is 1. The van der Waals surface area contributed by atoms with Crippen molar-refractivity contribution >= 4 is 38.1 Å². The summed E-state index contributed by atoms with van der Waals surface area (Å²) in [6.07, 6.45) is 2.84. The molecule has 32 heavy (non-hydrogen) atoms. The fraction of sp³-hybridized carbons (Fsp3) is 0.286. The Labute approximate surface area is 190 Å². The largest absolute Gasteiger partial charge is 0.392 e. The summed E-state index contributed by atoms with van der Waals surface area (Å²) < 4.78 is 24.8. The van der Waals surface area contributed by atoms with E-state index in [-0.39, 0.29) is 18.2 Å². The fourth-order valence-electron chi connectivity index (χ4n) is 3.51. The minimum absolute atomic E-state index is 0.0883. The van der Waals surface area contributed by atoms with Gasteiger partial charge in [0.05, 0.1) is 30.4 Å². The first-order chi connectivity index (χ1) is 15.3. The van der Waals surface area contributed by atoms with Gasteiger partial charge in [-0.1, -0.05) is 24.3 Å². The third kappa shape index (κ3) is 4.96. The van der Waals surface area contributed by atoms with Crippen LogP contribution in [-0.4, -0.2) is 66.1 Å². The van der Waals surface area contributed by atoms with Crippen LogP contribution in [0.3, 0.4) is 0 Å². The van der Waals surface area contributed by atoms with Gasteiger partial charge in [0.25, 0.3) is 5.91 Å². The lowest BCUT2D eigenvalue weighted by Crippen LogP contribution is -2.48. The van der Waals surface area contributed by atoms with Crippen LogP contribution in [0.1, 0.15) is 16.1 Å². The third-order valence-electron chi connectivity index (χ3n) is 5.24. The molecular weight excluding hydrogens is 450 g/mol. The Bertz CT molecular complexity index is 1200. The average molecular weight is 474 g/mol. The standard InChI is InChI=1S/C21H23N5O4S2/c1-32(29,30)26-10-8-25(9-11-26)16-6-7-18(22-12-16)20(28)24-21-23-19(14-31-21)17-5-3-2-4-15(17)13-27/h2-7,12,14,27H,8-11,13H2,1H3,(H,23,24,28). The van der Waals surface area contributed by atoms with Gasteiger partial charge >= 0.3 is 0 Å². The van der Waals surface area contributed by atoms with E-state index >= 15 is 0 Å². The fourth-order valence-corrected chi connectivity index (χ4v) is 5.04. The molecule has 4 rings (SSSR count). The maximum Gasteiger partial charge on any atom is 0.276 e. The zero-order valence-corrected chi connectivity index (χ0v) is 19.1. The SMILES string of the molecule is CS(=O)(=O)N1CCN(c2ccc(C(=O)Nc3nc(-c4ccccc4CO)cs3)nc2)CC1. The lowest BCUT2D eigenvalue weighted by molar-refractivity contribution is 0.102. The molecule has 1 aliphatic heterocycles. The number of benzene rings is 1. The van der Waals surface area contributed by atoms with Gasteiger partial charge in [-0.2, -0.15) is 4.31 Å². The average Bonchev–Trinajstić information content (AvgIpc) is 3.27. The summed E-state index contributed by atoms with van der Waals surface area (Å²) in [5, 5.41) is 14.5. The molecule has 1 aromatic carbocycles. The van der Waals surface area contributed by atoms with E-state index < -0.39 is 10.0 Å². The molecule has 0 unspecified atom stereocenters. The maximum atomic E-state index is 12.6. The van der Waals surface area contributed by atoms with Crippen molar-refractivity contribution in [1.82, 2.24) is 14.3 Å². The molecule has 1 fully saturated rings. The van der Waals surface area contributed by atoms with Crippen molar-refractivity contribution in [2.45, 2.75) is 6.61 Å². The molecule has 2 aromatic heterocycles. The Hall–Kier alpha value is -2.86. The van der Waals surface area contributed by atoms with Crippen LogP contribution in [-0.2, 0) is 16.6 Å². The van der Waals surface area contributed by atoms with E-state index in [4.69, 9.17) is 0 Å². The number of nitrogens with zero attached hydrogens (tertiary/aromatic N) is 4.